The van der Waals surface area contributed by atoms with Gasteiger partial charge in [0.15, 0.2) is 0 Å². The zero-order valence-electron chi connectivity index (χ0n) is 10.0. The van der Waals surface area contributed by atoms with Gasteiger partial charge in [0.1, 0.15) is 0 Å². The topological polar surface area (TPSA) is 12.0 Å². The van der Waals surface area contributed by atoms with Crippen molar-refractivity contribution < 1.29 is 4.39 Å². The Balaban J connectivity index is 2.15. The Hall–Kier alpha value is -0.890. The molecule has 0 radical (unpaired) electrons. The van der Waals surface area contributed by atoms with E-state index < -0.39 is 0 Å². The van der Waals surface area contributed by atoms with Gasteiger partial charge in [0.05, 0.1) is 6.67 Å². The Kier molecular flexibility index (Phi) is 3.59. The van der Waals surface area contributed by atoms with Crippen LogP contribution in [0.25, 0.3) is 0 Å². The molecule has 0 aliphatic carbocycles. The quantitative estimate of drug-likeness (QED) is 0.827. The van der Waals surface area contributed by atoms with Crippen LogP contribution in [0.15, 0.2) is 24.3 Å². The number of hydrogen-bond donors (Lipinski definition) is 1. The van der Waals surface area contributed by atoms with Gasteiger partial charge in [0, 0.05) is 24.9 Å². The van der Waals surface area contributed by atoms with E-state index in [0.29, 0.717) is 11.8 Å². The average Bonchev–Trinajstić information content (AvgIpc) is 2.77. The molecule has 2 atom stereocenters. The van der Waals surface area contributed by atoms with Gasteiger partial charge < -0.3 is 5.32 Å². The minimum Gasteiger partial charge on any atom is -0.316 e. The maximum atomic E-state index is 12.8. The summed E-state index contributed by atoms with van der Waals surface area (Å²) in [6, 6.07) is 8.67. The largest absolute Gasteiger partial charge is 0.316 e. The number of hydrogen-bond acceptors (Lipinski definition) is 1. The number of halogens is 1. The second-order valence-electron chi connectivity index (χ2n) is 5.00. The summed E-state index contributed by atoms with van der Waals surface area (Å²) in [4.78, 5) is 0. The molecule has 0 amide bonds. The van der Waals surface area contributed by atoms with Gasteiger partial charge in [-0.2, -0.15) is 0 Å². The van der Waals surface area contributed by atoms with E-state index in [9.17, 15) is 4.39 Å². The van der Waals surface area contributed by atoms with Crippen LogP contribution in [0.2, 0.25) is 0 Å². The predicted octanol–water partition coefficient (Wildman–Crippen LogP) is 3.08. The van der Waals surface area contributed by atoms with Crippen LogP contribution in [0.5, 0.6) is 0 Å². The number of alkyl halides is 1. The van der Waals surface area contributed by atoms with Crippen LogP contribution in [0.3, 0.4) is 0 Å². The molecule has 2 heteroatoms. The molecule has 0 unspecified atom stereocenters. The van der Waals surface area contributed by atoms with Crippen LogP contribution in [-0.4, -0.2) is 19.8 Å². The van der Waals surface area contributed by atoms with Gasteiger partial charge in [-0.15, -0.1) is 0 Å². The molecule has 1 aliphatic rings. The summed E-state index contributed by atoms with van der Waals surface area (Å²) in [6.07, 6.45) is 0. The van der Waals surface area contributed by atoms with E-state index in [4.69, 9.17) is 0 Å². The van der Waals surface area contributed by atoms with E-state index in [1.165, 1.54) is 11.1 Å². The van der Waals surface area contributed by atoms with Crippen molar-refractivity contribution in [1.29, 1.82) is 0 Å². The summed E-state index contributed by atoms with van der Waals surface area (Å²) in [5.41, 5.74) is 2.63. The minimum atomic E-state index is -0.219. The van der Waals surface area contributed by atoms with Crippen molar-refractivity contribution in [3.63, 3.8) is 0 Å². The lowest BCUT2D eigenvalue weighted by molar-refractivity contribution is 0.358. The molecular formula is C14H20FN. The maximum Gasteiger partial charge on any atom is 0.0941 e. The highest BCUT2D eigenvalue weighted by Gasteiger charge is 2.28. The van der Waals surface area contributed by atoms with E-state index in [1.807, 2.05) is 0 Å². The van der Waals surface area contributed by atoms with Crippen molar-refractivity contribution in [2.45, 2.75) is 25.7 Å². The van der Waals surface area contributed by atoms with Crippen LogP contribution in [0.4, 0.5) is 4.39 Å². The second kappa shape index (κ2) is 4.96. The lowest BCUT2D eigenvalue weighted by atomic mass is 9.88. The smallest absolute Gasteiger partial charge is 0.0941 e. The van der Waals surface area contributed by atoms with Crippen LogP contribution in [0, 0.1) is 5.92 Å². The molecule has 1 saturated heterocycles. The summed E-state index contributed by atoms with van der Waals surface area (Å²) in [7, 11) is 0. The Labute approximate surface area is 97.1 Å². The van der Waals surface area contributed by atoms with Gasteiger partial charge in [-0.3, -0.25) is 4.39 Å². The molecule has 1 aromatic carbocycles. The van der Waals surface area contributed by atoms with Crippen LogP contribution < -0.4 is 5.32 Å². The SMILES string of the molecule is CC(C)c1ccc([C@H]2CNC[C@H]2CF)cc1. The molecular weight excluding hydrogens is 201 g/mol. The van der Waals surface area contributed by atoms with Crippen LogP contribution >= 0.6 is 0 Å². The van der Waals surface area contributed by atoms with Crippen molar-refractivity contribution in [1.82, 2.24) is 5.32 Å². The van der Waals surface area contributed by atoms with Gasteiger partial charge in [-0.25, -0.2) is 0 Å². The normalized spacial score (nSPS) is 25.2. The molecule has 0 spiro atoms. The van der Waals surface area contributed by atoms with E-state index in [2.05, 4.69) is 43.4 Å². The van der Waals surface area contributed by atoms with Crippen LogP contribution in [-0.2, 0) is 0 Å². The maximum absolute atomic E-state index is 12.8. The predicted molar refractivity (Wildman–Crippen MR) is 65.6 cm³/mol. The first kappa shape index (κ1) is 11.6. The summed E-state index contributed by atoms with van der Waals surface area (Å²) in [5.74, 6) is 1.07. The van der Waals surface area contributed by atoms with E-state index in [0.717, 1.165) is 13.1 Å². The highest BCUT2D eigenvalue weighted by molar-refractivity contribution is 5.28. The Morgan fingerprint density at radius 2 is 1.94 bits per heavy atom. The van der Waals surface area contributed by atoms with Gasteiger partial charge in [0.2, 0.25) is 0 Å². The monoisotopic (exact) mass is 221 g/mol. The Morgan fingerprint density at radius 3 is 2.50 bits per heavy atom. The molecule has 1 heterocycles. The summed E-state index contributed by atoms with van der Waals surface area (Å²) >= 11 is 0. The van der Waals surface area contributed by atoms with E-state index in [-0.39, 0.29) is 12.6 Å². The van der Waals surface area contributed by atoms with Crippen molar-refractivity contribution in [2.75, 3.05) is 19.8 Å². The van der Waals surface area contributed by atoms with E-state index >= 15 is 0 Å². The molecule has 1 N–H and O–H groups in total. The van der Waals surface area contributed by atoms with Gasteiger partial charge in [-0.1, -0.05) is 38.1 Å². The number of nitrogens with one attached hydrogen (secondary N) is 1. The van der Waals surface area contributed by atoms with Gasteiger partial charge in [-0.05, 0) is 17.0 Å². The van der Waals surface area contributed by atoms with Crippen molar-refractivity contribution in [2.24, 2.45) is 5.92 Å². The van der Waals surface area contributed by atoms with Crippen molar-refractivity contribution >= 4 is 0 Å². The molecule has 0 saturated carbocycles. The summed E-state index contributed by atoms with van der Waals surface area (Å²) in [5, 5.41) is 3.27. The number of benzene rings is 1. The van der Waals surface area contributed by atoms with Crippen molar-refractivity contribution in [3.05, 3.63) is 35.4 Å². The molecule has 1 aliphatic heterocycles. The average molecular weight is 221 g/mol. The summed E-state index contributed by atoms with van der Waals surface area (Å²) in [6.45, 7) is 5.89. The third kappa shape index (κ3) is 2.27. The second-order valence-corrected chi connectivity index (χ2v) is 5.00. The first-order chi connectivity index (χ1) is 7.72. The lowest BCUT2D eigenvalue weighted by Crippen LogP contribution is -2.12. The fraction of sp³-hybridized carbons (Fsp3) is 0.571. The highest BCUT2D eigenvalue weighted by atomic mass is 19.1. The third-order valence-corrected chi connectivity index (χ3v) is 3.57. The highest BCUT2D eigenvalue weighted by Crippen LogP contribution is 2.29. The first-order valence-electron chi connectivity index (χ1n) is 6.09. The fourth-order valence-electron chi connectivity index (χ4n) is 2.41. The van der Waals surface area contributed by atoms with Gasteiger partial charge in [0.25, 0.3) is 0 Å². The molecule has 16 heavy (non-hydrogen) atoms. The minimum absolute atomic E-state index is 0.157. The third-order valence-electron chi connectivity index (χ3n) is 3.57. The lowest BCUT2D eigenvalue weighted by Gasteiger charge is -2.16. The van der Waals surface area contributed by atoms with E-state index in [1.54, 1.807) is 0 Å². The van der Waals surface area contributed by atoms with Gasteiger partial charge >= 0.3 is 0 Å². The molecule has 1 fully saturated rings. The zero-order chi connectivity index (χ0) is 11.5. The zero-order valence-corrected chi connectivity index (χ0v) is 10.0. The van der Waals surface area contributed by atoms with Crippen LogP contribution in [0.1, 0.15) is 36.8 Å². The summed E-state index contributed by atoms with van der Waals surface area (Å²) < 4.78 is 12.8. The molecule has 2 rings (SSSR count). The molecule has 1 nitrogen and oxygen atoms in total. The Bertz CT molecular complexity index is 331. The van der Waals surface area contributed by atoms with Crippen molar-refractivity contribution in [3.8, 4) is 0 Å². The fourth-order valence-corrected chi connectivity index (χ4v) is 2.41. The molecule has 88 valence electrons. The standard InChI is InChI=1S/C14H20FN/c1-10(2)11-3-5-12(6-4-11)14-9-16-8-13(14)7-15/h3-6,10,13-14,16H,7-9H2,1-2H3/t13-,14-/m1/s1. The number of rotatable bonds is 3. The Morgan fingerprint density at radius 1 is 1.25 bits per heavy atom. The first-order valence-corrected chi connectivity index (χ1v) is 6.09. The molecule has 0 bridgehead atoms. The molecule has 1 aromatic rings. The molecule has 0 aromatic heterocycles.